The molecule has 26 heavy (non-hydrogen) atoms. The minimum atomic E-state index is -2.95. The van der Waals surface area contributed by atoms with Gasteiger partial charge in [-0.1, -0.05) is 26.0 Å². The fourth-order valence-electron chi connectivity index (χ4n) is 2.94. The Kier molecular flexibility index (Phi) is 5.27. The van der Waals surface area contributed by atoms with Gasteiger partial charge < -0.3 is 10.6 Å². The molecule has 1 aliphatic rings. The van der Waals surface area contributed by atoms with Gasteiger partial charge in [0.2, 0.25) is 0 Å². The largest absolute Gasteiger partial charge is 0.381 e. The van der Waals surface area contributed by atoms with Crippen LogP contribution in [0.25, 0.3) is 0 Å². The molecule has 1 unspecified atom stereocenters. The first-order valence-corrected chi connectivity index (χ1v) is 10.5. The Balaban J connectivity index is 1.66. The van der Waals surface area contributed by atoms with Crippen LogP contribution in [-0.2, 0) is 9.84 Å². The van der Waals surface area contributed by atoms with Gasteiger partial charge in [0.25, 0.3) is 5.91 Å². The zero-order valence-electron chi connectivity index (χ0n) is 14.9. The first-order valence-electron chi connectivity index (χ1n) is 8.67. The Hall–Kier alpha value is -2.41. The van der Waals surface area contributed by atoms with Gasteiger partial charge in [0.1, 0.15) is 5.69 Å². The molecule has 3 rings (SSSR count). The molecule has 0 saturated carbocycles. The number of hydrogen-bond donors (Lipinski definition) is 2. The highest BCUT2D eigenvalue weighted by molar-refractivity contribution is 7.91. The number of anilines is 2. The van der Waals surface area contributed by atoms with Crippen molar-refractivity contribution in [3.8, 4) is 0 Å². The van der Waals surface area contributed by atoms with Crippen LogP contribution < -0.4 is 10.6 Å². The van der Waals surface area contributed by atoms with E-state index in [4.69, 9.17) is 0 Å². The number of nitrogens with zero attached hydrogens (tertiary/aromatic N) is 1. The van der Waals surface area contributed by atoms with E-state index in [0.29, 0.717) is 23.7 Å². The second kappa shape index (κ2) is 7.45. The molecule has 2 heterocycles. The molecule has 7 heteroatoms. The lowest BCUT2D eigenvalue weighted by atomic mass is 10.0. The fourth-order valence-corrected chi connectivity index (χ4v) is 4.61. The number of pyridine rings is 1. The SMILES string of the molecule is CC(C)c1ccc(NC(=O)c2cc(NC3CCS(=O)(=O)C3)ccn2)cc1. The zero-order valence-corrected chi connectivity index (χ0v) is 15.7. The summed E-state index contributed by atoms with van der Waals surface area (Å²) in [5.74, 6) is 0.461. The molecular weight excluding hydrogens is 350 g/mol. The molecule has 0 radical (unpaired) electrons. The van der Waals surface area contributed by atoms with Crippen LogP contribution in [0.15, 0.2) is 42.6 Å². The molecule has 1 aromatic carbocycles. The number of aromatic nitrogens is 1. The van der Waals surface area contributed by atoms with E-state index in [1.165, 1.54) is 5.56 Å². The van der Waals surface area contributed by atoms with Crippen LogP contribution in [0.3, 0.4) is 0 Å². The third-order valence-corrected chi connectivity index (χ3v) is 6.20. The van der Waals surface area contributed by atoms with Crippen LogP contribution >= 0.6 is 0 Å². The number of carbonyl (C=O) groups is 1. The molecule has 1 fully saturated rings. The van der Waals surface area contributed by atoms with Crippen LogP contribution in [0.2, 0.25) is 0 Å². The van der Waals surface area contributed by atoms with E-state index in [-0.39, 0.29) is 29.1 Å². The Morgan fingerprint density at radius 3 is 2.50 bits per heavy atom. The predicted octanol–water partition coefficient (Wildman–Crippen LogP) is 3.06. The average Bonchev–Trinajstić information content (AvgIpc) is 2.94. The fraction of sp³-hybridized carbons (Fsp3) is 0.368. The second-order valence-corrected chi connectivity index (χ2v) is 9.13. The number of hydrogen-bond acceptors (Lipinski definition) is 5. The van der Waals surface area contributed by atoms with E-state index < -0.39 is 9.84 Å². The van der Waals surface area contributed by atoms with Crippen LogP contribution in [0.4, 0.5) is 11.4 Å². The van der Waals surface area contributed by atoms with Crippen LogP contribution in [0.5, 0.6) is 0 Å². The second-order valence-electron chi connectivity index (χ2n) is 6.90. The Labute approximate surface area is 154 Å². The minimum Gasteiger partial charge on any atom is -0.381 e. The minimum absolute atomic E-state index is 0.123. The molecule has 2 aromatic rings. The van der Waals surface area contributed by atoms with Gasteiger partial charge in [-0.05, 0) is 42.2 Å². The molecule has 1 aromatic heterocycles. The maximum absolute atomic E-state index is 12.4. The van der Waals surface area contributed by atoms with Gasteiger partial charge in [-0.15, -0.1) is 0 Å². The number of sulfone groups is 1. The van der Waals surface area contributed by atoms with Crippen molar-refractivity contribution < 1.29 is 13.2 Å². The lowest BCUT2D eigenvalue weighted by molar-refractivity contribution is 0.102. The summed E-state index contributed by atoms with van der Waals surface area (Å²) in [6.07, 6.45) is 2.12. The first-order chi connectivity index (χ1) is 12.3. The van der Waals surface area contributed by atoms with Crippen LogP contribution in [0.1, 0.15) is 42.2 Å². The van der Waals surface area contributed by atoms with Gasteiger partial charge in [0.05, 0.1) is 11.5 Å². The van der Waals surface area contributed by atoms with E-state index in [1.54, 1.807) is 18.3 Å². The predicted molar refractivity (Wildman–Crippen MR) is 103 cm³/mol. The normalized spacial score (nSPS) is 18.7. The van der Waals surface area contributed by atoms with Crippen molar-refractivity contribution in [2.75, 3.05) is 22.1 Å². The zero-order chi connectivity index (χ0) is 18.7. The summed E-state index contributed by atoms with van der Waals surface area (Å²) < 4.78 is 23.1. The molecule has 2 N–H and O–H groups in total. The maximum atomic E-state index is 12.4. The Morgan fingerprint density at radius 2 is 1.88 bits per heavy atom. The van der Waals surface area contributed by atoms with E-state index >= 15 is 0 Å². The third kappa shape index (κ3) is 4.60. The molecule has 1 amide bonds. The van der Waals surface area contributed by atoms with Gasteiger partial charge in [-0.3, -0.25) is 9.78 Å². The van der Waals surface area contributed by atoms with Gasteiger partial charge in [-0.2, -0.15) is 0 Å². The molecule has 0 bridgehead atoms. The number of nitrogens with one attached hydrogen (secondary N) is 2. The summed E-state index contributed by atoms with van der Waals surface area (Å²) in [5.41, 5.74) is 2.89. The highest BCUT2D eigenvalue weighted by Gasteiger charge is 2.27. The standard InChI is InChI=1S/C19H23N3O3S/c1-13(2)14-3-5-15(6-4-14)22-19(23)18-11-16(7-9-20-18)21-17-8-10-26(24,25)12-17/h3-7,9,11,13,17H,8,10,12H2,1-2H3,(H,20,21)(H,22,23). The van der Waals surface area contributed by atoms with Crippen molar-refractivity contribution in [3.63, 3.8) is 0 Å². The van der Waals surface area contributed by atoms with Gasteiger partial charge in [0.15, 0.2) is 9.84 Å². The molecular formula is C19H23N3O3S. The molecule has 0 spiro atoms. The van der Waals surface area contributed by atoms with Crippen LogP contribution in [0, 0.1) is 0 Å². The monoisotopic (exact) mass is 373 g/mol. The Bertz CT molecular complexity index is 893. The van der Waals surface area contributed by atoms with Crippen molar-refractivity contribution in [1.82, 2.24) is 4.98 Å². The summed E-state index contributed by atoms with van der Waals surface area (Å²) in [5, 5.41) is 6.01. The summed E-state index contributed by atoms with van der Waals surface area (Å²) in [6.45, 7) is 4.23. The summed E-state index contributed by atoms with van der Waals surface area (Å²) in [6, 6.07) is 11.0. The van der Waals surface area contributed by atoms with Crippen molar-refractivity contribution in [3.05, 3.63) is 53.9 Å². The van der Waals surface area contributed by atoms with Gasteiger partial charge in [-0.25, -0.2) is 8.42 Å². The van der Waals surface area contributed by atoms with Crippen LogP contribution in [-0.4, -0.2) is 36.9 Å². The number of rotatable bonds is 5. The number of amides is 1. The topological polar surface area (TPSA) is 88.2 Å². The third-order valence-electron chi connectivity index (χ3n) is 4.43. The van der Waals surface area contributed by atoms with Crippen molar-refractivity contribution in [2.24, 2.45) is 0 Å². The maximum Gasteiger partial charge on any atom is 0.274 e. The smallest absolute Gasteiger partial charge is 0.274 e. The molecule has 138 valence electrons. The quantitative estimate of drug-likeness (QED) is 0.841. The molecule has 6 nitrogen and oxygen atoms in total. The highest BCUT2D eigenvalue weighted by atomic mass is 32.2. The Morgan fingerprint density at radius 1 is 1.15 bits per heavy atom. The lowest BCUT2D eigenvalue weighted by Gasteiger charge is -2.13. The van der Waals surface area contributed by atoms with E-state index in [9.17, 15) is 13.2 Å². The number of benzene rings is 1. The number of carbonyl (C=O) groups excluding carboxylic acids is 1. The highest BCUT2D eigenvalue weighted by Crippen LogP contribution is 2.19. The van der Waals surface area contributed by atoms with Gasteiger partial charge >= 0.3 is 0 Å². The average molecular weight is 373 g/mol. The first kappa shape index (κ1) is 18.4. The molecule has 0 aliphatic carbocycles. The van der Waals surface area contributed by atoms with Gasteiger partial charge in [0, 0.05) is 23.6 Å². The van der Waals surface area contributed by atoms with E-state index in [2.05, 4.69) is 29.5 Å². The summed E-state index contributed by atoms with van der Waals surface area (Å²) >= 11 is 0. The molecule has 1 atom stereocenters. The van der Waals surface area contributed by atoms with E-state index in [1.807, 2.05) is 24.3 Å². The summed E-state index contributed by atoms with van der Waals surface area (Å²) in [7, 11) is -2.95. The molecule has 1 saturated heterocycles. The molecule has 1 aliphatic heterocycles. The van der Waals surface area contributed by atoms with Crippen molar-refractivity contribution >= 4 is 27.1 Å². The van der Waals surface area contributed by atoms with Crippen molar-refractivity contribution in [1.29, 1.82) is 0 Å². The summed E-state index contributed by atoms with van der Waals surface area (Å²) in [4.78, 5) is 16.5. The lowest BCUT2D eigenvalue weighted by Crippen LogP contribution is -2.21. The van der Waals surface area contributed by atoms with Crippen molar-refractivity contribution in [2.45, 2.75) is 32.2 Å². The van der Waals surface area contributed by atoms with E-state index in [0.717, 1.165) is 0 Å².